The van der Waals surface area contributed by atoms with Crippen LogP contribution in [-0.4, -0.2) is 107 Å². The van der Waals surface area contributed by atoms with Gasteiger partial charge < -0.3 is 42.6 Å². The fraction of sp³-hybridized carbons (Fsp3) is 0.528. The van der Waals surface area contributed by atoms with Gasteiger partial charge in [0.1, 0.15) is 19.3 Å². The molecule has 1 saturated heterocycles. The van der Waals surface area contributed by atoms with Gasteiger partial charge in [-0.2, -0.15) is 0 Å². The molecular weight excluding hydrogens is 764 g/mol. The summed E-state index contributed by atoms with van der Waals surface area (Å²) in [6.45, 7) is 9.02. The molecule has 0 spiro atoms. The minimum absolute atomic E-state index is 0.146. The molecule has 1 aromatic carbocycles. The number of aryl methyl sites for hydroxylation is 1. The van der Waals surface area contributed by atoms with Gasteiger partial charge in [0.15, 0.2) is 47.6 Å². The lowest BCUT2D eigenvalue weighted by Gasteiger charge is -2.45. The van der Waals surface area contributed by atoms with Gasteiger partial charge in [-0.15, -0.1) is 0 Å². The topological polar surface area (TPSA) is 229 Å². The van der Waals surface area contributed by atoms with Crippen molar-refractivity contribution in [1.29, 1.82) is 0 Å². The first-order valence-corrected chi connectivity index (χ1v) is 17.5. The number of ether oxygens (including phenoxy) is 9. The molecule has 0 unspecified atom stereocenters. The molecule has 0 aliphatic carbocycles. The summed E-state index contributed by atoms with van der Waals surface area (Å²) in [5.41, 5.74) is 1.16. The maximum atomic E-state index is 12.9. The lowest BCUT2D eigenvalue weighted by molar-refractivity contribution is -0.269. The van der Waals surface area contributed by atoms with Gasteiger partial charge in [-0.25, -0.2) is 0 Å². The Hall–Kier alpha value is -5.63. The summed E-state index contributed by atoms with van der Waals surface area (Å²) in [5, 5.41) is 0. The number of carbonyl (C=O) groups excluding carboxylic acids is 8. The molecule has 1 aromatic heterocycles. The number of imidazole rings is 1. The second kappa shape index (κ2) is 19.8. The maximum Gasteiger partial charge on any atom is 0.303 e. The molecule has 19 nitrogen and oxygen atoms in total. The fourth-order valence-electron chi connectivity index (χ4n) is 5.85. The van der Waals surface area contributed by atoms with Crippen molar-refractivity contribution in [3.8, 4) is 5.69 Å². The Labute approximate surface area is 326 Å². The van der Waals surface area contributed by atoms with E-state index in [9.17, 15) is 38.4 Å². The van der Waals surface area contributed by atoms with Crippen LogP contribution in [0.5, 0.6) is 0 Å². The first kappa shape index (κ1) is 44.8. The van der Waals surface area contributed by atoms with Gasteiger partial charge in [0, 0.05) is 67.3 Å². The van der Waals surface area contributed by atoms with Crippen molar-refractivity contribution in [3.05, 3.63) is 46.5 Å². The second-order valence-corrected chi connectivity index (χ2v) is 12.9. The Morgan fingerprint density at radius 3 is 1.68 bits per heavy atom. The Bertz CT molecular complexity index is 1870. The van der Waals surface area contributed by atoms with Gasteiger partial charge in [0.05, 0.1) is 5.69 Å². The number of hydrogen-bond acceptors (Lipinski definition) is 18. The first-order chi connectivity index (χ1) is 26.2. The summed E-state index contributed by atoms with van der Waals surface area (Å²) in [4.78, 5) is 99.5. The van der Waals surface area contributed by atoms with Crippen LogP contribution in [0.4, 0.5) is 0 Å². The molecule has 8 atom stereocenters. The van der Waals surface area contributed by atoms with Crippen LogP contribution < -0.4 is 0 Å². The van der Waals surface area contributed by atoms with Crippen LogP contribution in [0, 0.1) is 11.7 Å². The van der Waals surface area contributed by atoms with Crippen molar-refractivity contribution in [2.75, 3.05) is 13.2 Å². The van der Waals surface area contributed by atoms with Crippen LogP contribution >= 0.6 is 12.2 Å². The van der Waals surface area contributed by atoms with Crippen molar-refractivity contribution in [2.24, 2.45) is 0 Å². The number of carbonyl (C=O) groups is 8. The molecule has 3 rings (SSSR count). The van der Waals surface area contributed by atoms with E-state index >= 15 is 0 Å². The average Bonchev–Trinajstić information content (AvgIpc) is 3.41. The largest absolute Gasteiger partial charge is 0.463 e. The van der Waals surface area contributed by atoms with Crippen LogP contribution in [0.25, 0.3) is 5.69 Å². The van der Waals surface area contributed by atoms with E-state index in [1.54, 1.807) is 24.3 Å². The molecule has 20 heteroatoms. The van der Waals surface area contributed by atoms with E-state index in [1.165, 1.54) is 15.3 Å². The van der Waals surface area contributed by atoms with E-state index in [0.29, 0.717) is 5.69 Å². The van der Waals surface area contributed by atoms with Crippen molar-refractivity contribution in [2.45, 2.75) is 111 Å². The summed E-state index contributed by atoms with van der Waals surface area (Å²) < 4.78 is 53.0. The van der Waals surface area contributed by atoms with E-state index < -0.39 is 110 Å². The molecule has 1 aliphatic heterocycles. The fourth-order valence-corrected chi connectivity index (χ4v) is 6.22. The molecule has 0 N–H and O–H groups in total. The van der Waals surface area contributed by atoms with Crippen LogP contribution in [-0.2, 0) is 81.0 Å². The average molecular weight is 809 g/mol. The number of benzene rings is 1. The summed E-state index contributed by atoms with van der Waals surface area (Å²) in [6, 6.07) is 6.92. The molecule has 2 aromatic rings. The Morgan fingerprint density at radius 1 is 0.661 bits per heavy atom. The number of esters is 8. The highest BCUT2D eigenvalue weighted by molar-refractivity contribution is 7.71. The third-order valence-electron chi connectivity index (χ3n) is 7.80. The summed E-state index contributed by atoms with van der Waals surface area (Å²) in [7, 11) is 0. The van der Waals surface area contributed by atoms with Crippen molar-refractivity contribution in [1.82, 2.24) is 9.13 Å². The van der Waals surface area contributed by atoms with Gasteiger partial charge in [0.25, 0.3) is 0 Å². The highest BCUT2D eigenvalue weighted by Gasteiger charge is 2.54. The molecule has 0 bridgehead atoms. The zero-order valence-corrected chi connectivity index (χ0v) is 33.0. The van der Waals surface area contributed by atoms with Crippen LogP contribution in [0.15, 0.2) is 30.5 Å². The standard InChI is InChI=1S/C36H44N2O17S/c1-17-10-12-26(13-11-17)37-14-27(30(50-21(5)42)31(51-22(6)43)28(49-20(4)41)15-47-18(2)39)38(36(37)56)35-34(54-25(9)46)33(53-24(8)45)32(52-23(7)44)29(55-35)16-48-19(3)40/h10-14,28-35H,15-16H2,1-9H3/t28-,29-,30-,31-,32-,33+,34-,35-/m1/s1. The van der Waals surface area contributed by atoms with Crippen molar-refractivity contribution in [3.63, 3.8) is 0 Å². The SMILES string of the molecule is CC(=O)OC[C@H]1O[C@@H](n2c([C@@H](OC(C)=O)[C@H](OC(C)=O)[C@@H](COC(C)=O)OC(C)=O)cn(-c3ccc(C)cc3)c2=S)[C@H](OC(C)=O)[C@@H](OC(C)=O)[C@@H]1OC(C)=O. The van der Waals surface area contributed by atoms with Crippen LogP contribution in [0.1, 0.15) is 79.0 Å². The zero-order chi connectivity index (χ0) is 42.0. The third-order valence-corrected chi connectivity index (χ3v) is 8.20. The second-order valence-electron chi connectivity index (χ2n) is 12.6. The lowest BCUT2D eigenvalue weighted by atomic mass is 9.96. The molecule has 0 saturated carbocycles. The smallest absolute Gasteiger partial charge is 0.303 e. The molecule has 56 heavy (non-hydrogen) atoms. The van der Waals surface area contributed by atoms with E-state index in [1.807, 2.05) is 6.92 Å². The van der Waals surface area contributed by atoms with Gasteiger partial charge in [-0.1, -0.05) is 17.7 Å². The molecule has 306 valence electrons. The predicted molar refractivity (Wildman–Crippen MR) is 189 cm³/mol. The van der Waals surface area contributed by atoms with E-state index in [4.69, 9.17) is 54.8 Å². The minimum atomic E-state index is -1.78. The molecule has 1 fully saturated rings. The number of hydrogen-bond donors (Lipinski definition) is 0. The monoisotopic (exact) mass is 808 g/mol. The molecular formula is C36H44N2O17S. The first-order valence-electron chi connectivity index (χ1n) is 17.1. The van der Waals surface area contributed by atoms with Gasteiger partial charge in [0.2, 0.25) is 0 Å². The van der Waals surface area contributed by atoms with Crippen molar-refractivity contribution < 1.29 is 81.0 Å². The minimum Gasteiger partial charge on any atom is -0.463 e. The van der Waals surface area contributed by atoms with Gasteiger partial charge >= 0.3 is 47.8 Å². The summed E-state index contributed by atoms with van der Waals surface area (Å²) in [5.74, 6) is -7.02. The Kier molecular flexibility index (Phi) is 15.8. The van der Waals surface area contributed by atoms with Gasteiger partial charge in [-0.3, -0.25) is 47.5 Å². The molecule has 0 radical (unpaired) electrons. The van der Waals surface area contributed by atoms with E-state index in [-0.39, 0.29) is 10.5 Å². The summed E-state index contributed by atoms with van der Waals surface area (Å²) >= 11 is 6.00. The van der Waals surface area contributed by atoms with Gasteiger partial charge in [-0.05, 0) is 31.3 Å². The normalized spacial score (nSPS) is 20.6. The van der Waals surface area contributed by atoms with Crippen LogP contribution in [0.2, 0.25) is 0 Å². The Balaban J connectivity index is 2.52. The van der Waals surface area contributed by atoms with E-state index in [0.717, 1.165) is 61.0 Å². The Morgan fingerprint density at radius 2 is 1.18 bits per heavy atom. The highest BCUT2D eigenvalue weighted by Crippen LogP contribution is 2.39. The molecule has 2 heterocycles. The quantitative estimate of drug-likeness (QED) is 0.143. The predicted octanol–water partition coefficient (Wildman–Crippen LogP) is 2.60. The number of aromatic nitrogens is 2. The van der Waals surface area contributed by atoms with Crippen LogP contribution in [0.3, 0.4) is 0 Å². The lowest BCUT2D eigenvalue weighted by Crippen LogP contribution is -2.60. The number of rotatable bonds is 15. The third kappa shape index (κ3) is 12.2. The zero-order valence-electron chi connectivity index (χ0n) is 32.2. The van der Waals surface area contributed by atoms with Crippen molar-refractivity contribution >= 4 is 60.0 Å². The maximum absolute atomic E-state index is 12.9. The summed E-state index contributed by atoms with van der Waals surface area (Å²) in [6.07, 6.45) is -11.8. The molecule has 0 amide bonds. The molecule has 1 aliphatic rings. The number of nitrogens with zero attached hydrogens (tertiary/aromatic N) is 2. The highest BCUT2D eigenvalue weighted by atomic mass is 32.1. The van der Waals surface area contributed by atoms with E-state index in [2.05, 4.69) is 0 Å².